The Hall–Kier alpha value is -6.38. The van der Waals surface area contributed by atoms with Gasteiger partial charge in [0.25, 0.3) is 0 Å². The summed E-state index contributed by atoms with van der Waals surface area (Å²) in [5, 5.41) is 7.51. The molecule has 0 aliphatic heterocycles. The Morgan fingerprint density at radius 2 is 1.41 bits per heavy atom. The van der Waals surface area contributed by atoms with Crippen LogP contribution in [0.15, 0.2) is 161 Å². The zero-order chi connectivity index (χ0) is 45.5. The molecule has 66 heavy (non-hydrogen) atoms. The van der Waals surface area contributed by atoms with Crippen LogP contribution in [0.25, 0.3) is 105 Å². The van der Waals surface area contributed by atoms with Crippen molar-refractivity contribution < 1.29 is 30.3 Å². The fourth-order valence-electron chi connectivity index (χ4n) is 9.13. The number of hydrogen-bond donors (Lipinski definition) is 0. The standard InChI is InChI=1S/C41H26N3O2.C17H22GeN.Ir/c1-23(2)25-16-18-29-30-19-17-27(22-37(30)45-36(29)21-25)44-35-13-6-5-12-34(35)42-40(44)32-11-7-10-31-33-20-26-15-14-24-8-3-4-9-28(24)38(26)43-41(33)46-39(31)32;1-13(2)15-11-17(14-9-7-6-8-10-14)19-12-16(15)18(3,4)5;/h3-10,12-23H,1-2H3;6-9,11-13H,1-5H3;/q2*-1;/i;13D;. The summed E-state index contributed by atoms with van der Waals surface area (Å²) in [4.78, 5) is 14.8. The Bertz CT molecular complexity index is 3840. The molecule has 5 heterocycles. The van der Waals surface area contributed by atoms with Crippen molar-refractivity contribution in [2.24, 2.45) is 0 Å². The van der Waals surface area contributed by atoms with Crippen LogP contribution >= 0.6 is 0 Å². The van der Waals surface area contributed by atoms with Gasteiger partial charge in [-0.15, -0.1) is 18.2 Å². The van der Waals surface area contributed by atoms with Crippen LogP contribution in [0.3, 0.4) is 0 Å². The molecule has 12 aromatic rings. The number of fused-ring (bicyclic) bond motifs is 10. The molecule has 0 amide bonds. The van der Waals surface area contributed by atoms with Crippen molar-refractivity contribution in [2.45, 2.75) is 56.8 Å². The molecule has 0 spiro atoms. The molecule has 1 radical (unpaired) electrons. The van der Waals surface area contributed by atoms with Gasteiger partial charge in [0.2, 0.25) is 5.71 Å². The first-order valence-electron chi connectivity index (χ1n) is 22.8. The second-order valence-corrected chi connectivity index (χ2v) is 29.1. The molecular formula is C58H48GeIrN4O2-2. The molecule has 0 N–H and O–H groups in total. The van der Waals surface area contributed by atoms with E-state index in [4.69, 9.17) is 20.2 Å². The van der Waals surface area contributed by atoms with E-state index in [-0.39, 0.29) is 20.1 Å². The van der Waals surface area contributed by atoms with Crippen LogP contribution in [0.5, 0.6) is 0 Å². The van der Waals surface area contributed by atoms with Crippen LogP contribution in [-0.2, 0) is 20.1 Å². The van der Waals surface area contributed by atoms with Crippen molar-refractivity contribution in [3.8, 4) is 28.3 Å². The topological polar surface area (TPSA) is 69.9 Å². The van der Waals surface area contributed by atoms with Crippen LogP contribution in [-0.4, -0.2) is 32.8 Å². The molecule has 0 saturated carbocycles. The van der Waals surface area contributed by atoms with Gasteiger partial charge >= 0.3 is 120 Å². The number of benzene rings is 7. The first kappa shape index (κ1) is 42.3. The summed E-state index contributed by atoms with van der Waals surface area (Å²) in [6.45, 7) is 8.32. The normalized spacial score (nSPS) is 12.4. The minimum Gasteiger partial charge on any atom is 0 e. The number of aromatic nitrogens is 4. The van der Waals surface area contributed by atoms with Crippen molar-refractivity contribution in [2.75, 3.05) is 0 Å². The van der Waals surface area contributed by atoms with Crippen LogP contribution < -0.4 is 4.40 Å². The van der Waals surface area contributed by atoms with Crippen LogP contribution in [0.2, 0.25) is 17.3 Å². The summed E-state index contributed by atoms with van der Waals surface area (Å²) in [5.41, 5.74) is 11.9. The molecule has 0 unspecified atom stereocenters. The van der Waals surface area contributed by atoms with Crippen LogP contribution in [0, 0.1) is 12.1 Å². The summed E-state index contributed by atoms with van der Waals surface area (Å²) in [5.74, 6) is 7.62. The van der Waals surface area contributed by atoms with Gasteiger partial charge in [0, 0.05) is 58.8 Å². The predicted octanol–water partition coefficient (Wildman–Crippen LogP) is 15.3. The minimum absolute atomic E-state index is 0. The number of furan rings is 2. The van der Waals surface area contributed by atoms with Crippen molar-refractivity contribution in [1.29, 1.82) is 0 Å². The van der Waals surface area contributed by atoms with Gasteiger partial charge in [-0.1, -0.05) is 85.5 Å². The van der Waals surface area contributed by atoms with E-state index in [1.165, 1.54) is 9.96 Å². The second-order valence-electron chi connectivity index (χ2n) is 18.5. The van der Waals surface area contributed by atoms with E-state index in [9.17, 15) is 0 Å². The van der Waals surface area contributed by atoms with E-state index in [0.717, 1.165) is 99.3 Å². The monoisotopic (exact) mass is 1100 g/mol. The van der Waals surface area contributed by atoms with Gasteiger partial charge in [0.15, 0.2) is 0 Å². The smallest absolute Gasteiger partial charge is 0 e. The fraction of sp³-hybridized carbons (Fsp3) is 0.155. The summed E-state index contributed by atoms with van der Waals surface area (Å²) >= 11 is -2.03. The molecule has 327 valence electrons. The summed E-state index contributed by atoms with van der Waals surface area (Å²) in [6.07, 6.45) is 2.00. The third-order valence-corrected chi connectivity index (χ3v) is 16.8. The maximum Gasteiger partial charge on any atom is 0 e. The van der Waals surface area contributed by atoms with E-state index < -0.39 is 19.2 Å². The largest absolute Gasteiger partial charge is 0 e. The average molecular weight is 1100 g/mol. The van der Waals surface area contributed by atoms with Gasteiger partial charge in [-0.05, 0) is 53.3 Å². The van der Waals surface area contributed by atoms with E-state index in [2.05, 4.69) is 150 Å². The Morgan fingerprint density at radius 1 is 0.652 bits per heavy atom. The maximum atomic E-state index is 8.44. The Morgan fingerprint density at radius 3 is 2.20 bits per heavy atom. The summed E-state index contributed by atoms with van der Waals surface area (Å²) < 4.78 is 25.0. The van der Waals surface area contributed by atoms with Gasteiger partial charge in [0.05, 0.1) is 28.0 Å². The first-order valence-corrected chi connectivity index (χ1v) is 29.6. The summed E-state index contributed by atoms with van der Waals surface area (Å²) in [6, 6.07) is 56.6. The molecule has 0 atom stereocenters. The second kappa shape index (κ2) is 17.1. The molecular weight excluding hydrogens is 1050 g/mol. The number of rotatable bonds is 6. The van der Waals surface area contributed by atoms with Crippen molar-refractivity contribution in [3.63, 3.8) is 0 Å². The molecule has 6 nitrogen and oxygen atoms in total. The van der Waals surface area contributed by atoms with E-state index >= 15 is 0 Å². The van der Waals surface area contributed by atoms with Gasteiger partial charge in [-0.2, -0.15) is 0 Å². The number of nitrogens with zero attached hydrogens (tertiary/aromatic N) is 4. The quantitative estimate of drug-likeness (QED) is 0.0943. The maximum absolute atomic E-state index is 8.44. The van der Waals surface area contributed by atoms with Gasteiger partial charge in [-0.3, -0.25) is 4.98 Å². The molecule has 7 aromatic carbocycles. The zero-order valence-electron chi connectivity index (χ0n) is 38.9. The van der Waals surface area contributed by atoms with E-state index in [1.807, 2.05) is 68.6 Å². The van der Waals surface area contributed by atoms with Crippen molar-refractivity contribution >= 4 is 94.4 Å². The Kier molecular flexibility index (Phi) is 11.0. The average Bonchev–Trinajstić information content (AvgIpc) is 4.01. The first-order chi connectivity index (χ1) is 31.8. The third-order valence-electron chi connectivity index (χ3n) is 12.5. The van der Waals surface area contributed by atoms with E-state index in [0.29, 0.717) is 17.2 Å². The SMILES string of the molecule is CC(C)c1ccc2c(c1)oc1cc(-n3c(-c4[c-]ccc5c4oc4nc6c(ccc7ccccc76)cc45)nc4ccccc43)ccc12.[2H]C(C)(C)c1cc(-c2[c-]cccc2)nc[c]1[Ge]([CH3])([CH3])[CH3].[Ir]. The van der Waals surface area contributed by atoms with Crippen LogP contribution in [0.1, 0.15) is 52.0 Å². The number of pyridine rings is 2. The van der Waals surface area contributed by atoms with Crippen molar-refractivity contribution in [1.82, 2.24) is 19.5 Å². The van der Waals surface area contributed by atoms with Gasteiger partial charge < -0.3 is 13.4 Å². The van der Waals surface area contributed by atoms with Gasteiger partial charge in [-0.25, -0.2) is 4.98 Å². The van der Waals surface area contributed by atoms with E-state index in [1.54, 1.807) is 0 Å². The zero-order valence-corrected chi connectivity index (χ0v) is 42.4. The molecule has 0 saturated heterocycles. The molecule has 8 heteroatoms. The Balaban J connectivity index is 0.000000212. The molecule has 0 fully saturated rings. The Labute approximate surface area is 401 Å². The fourth-order valence-corrected chi connectivity index (χ4v) is 12.4. The van der Waals surface area contributed by atoms with Crippen LogP contribution in [0.4, 0.5) is 0 Å². The van der Waals surface area contributed by atoms with Gasteiger partial charge in [0.1, 0.15) is 11.2 Å². The minimum atomic E-state index is -2.03. The van der Waals surface area contributed by atoms with Crippen molar-refractivity contribution in [3.05, 3.63) is 175 Å². The molecule has 0 aliphatic rings. The third kappa shape index (κ3) is 7.63. The number of imidazole rings is 1. The number of hydrogen-bond acceptors (Lipinski definition) is 5. The predicted molar refractivity (Wildman–Crippen MR) is 272 cm³/mol. The number of para-hydroxylation sites is 2. The molecule has 0 bridgehead atoms. The summed E-state index contributed by atoms with van der Waals surface area (Å²) in [7, 11) is 0. The molecule has 12 rings (SSSR count). The molecule has 0 aliphatic carbocycles. The molecule has 5 aromatic heterocycles.